The zero-order valence-corrected chi connectivity index (χ0v) is 22.0. The number of pyridine rings is 1. The molecule has 0 unspecified atom stereocenters. The highest BCUT2D eigenvalue weighted by Gasteiger charge is 2.33. The molecule has 1 aliphatic heterocycles. The van der Waals surface area contributed by atoms with Crippen LogP contribution in [0.3, 0.4) is 0 Å². The number of aromatic amines is 1. The van der Waals surface area contributed by atoms with Gasteiger partial charge in [-0.1, -0.05) is 12.8 Å². The van der Waals surface area contributed by atoms with Gasteiger partial charge in [0.25, 0.3) is 5.56 Å². The highest BCUT2D eigenvalue weighted by molar-refractivity contribution is 7.91. The normalized spacial score (nSPS) is 17.3. The third-order valence-electron chi connectivity index (χ3n) is 7.72. The van der Waals surface area contributed by atoms with Crippen molar-refractivity contribution in [3.8, 4) is 0 Å². The number of anilines is 3. The van der Waals surface area contributed by atoms with Gasteiger partial charge in [-0.15, -0.1) is 0 Å². The molecular formula is C26H30N8O3S. The molecule has 2 N–H and O–H groups in total. The van der Waals surface area contributed by atoms with E-state index in [4.69, 9.17) is 4.98 Å². The lowest BCUT2D eigenvalue weighted by Crippen LogP contribution is -2.39. The molecule has 3 aromatic heterocycles. The summed E-state index contributed by atoms with van der Waals surface area (Å²) in [5, 5.41) is 9.79. The molecule has 38 heavy (non-hydrogen) atoms. The lowest BCUT2D eigenvalue weighted by molar-refractivity contribution is 0.515. The van der Waals surface area contributed by atoms with Crippen molar-refractivity contribution in [3.63, 3.8) is 0 Å². The van der Waals surface area contributed by atoms with Gasteiger partial charge in [0.1, 0.15) is 12.0 Å². The third-order valence-corrected chi connectivity index (χ3v) is 9.81. The van der Waals surface area contributed by atoms with Gasteiger partial charge in [0.2, 0.25) is 20.9 Å². The topological polar surface area (TPSA) is 139 Å². The van der Waals surface area contributed by atoms with Crippen molar-refractivity contribution in [1.29, 1.82) is 0 Å². The molecule has 1 aromatic carbocycles. The first-order chi connectivity index (χ1) is 18.4. The minimum Gasteiger partial charge on any atom is -0.371 e. The van der Waals surface area contributed by atoms with Gasteiger partial charge in [0.05, 0.1) is 5.25 Å². The molecule has 2 fully saturated rings. The quantitative estimate of drug-likeness (QED) is 0.380. The number of hydrogen-bond acceptors (Lipinski definition) is 9. The Labute approximate surface area is 220 Å². The Kier molecular flexibility index (Phi) is 6.34. The summed E-state index contributed by atoms with van der Waals surface area (Å²) >= 11 is 0. The fraction of sp³-hybridized carbons (Fsp3) is 0.423. The summed E-state index contributed by atoms with van der Waals surface area (Å²) in [6, 6.07) is 9.80. The van der Waals surface area contributed by atoms with E-state index in [0.717, 1.165) is 48.0 Å². The summed E-state index contributed by atoms with van der Waals surface area (Å²) in [4.78, 5) is 28.2. The van der Waals surface area contributed by atoms with E-state index in [1.54, 1.807) is 12.3 Å². The van der Waals surface area contributed by atoms with E-state index in [9.17, 15) is 13.2 Å². The van der Waals surface area contributed by atoms with E-state index in [2.05, 4.69) is 30.4 Å². The maximum atomic E-state index is 12.9. The number of sulfone groups is 1. The number of benzene rings is 1. The molecule has 0 amide bonds. The van der Waals surface area contributed by atoms with Crippen molar-refractivity contribution >= 4 is 38.2 Å². The van der Waals surface area contributed by atoms with Gasteiger partial charge < -0.3 is 10.2 Å². The van der Waals surface area contributed by atoms with E-state index < -0.39 is 15.1 Å². The summed E-state index contributed by atoms with van der Waals surface area (Å²) in [6.45, 7) is 3.19. The summed E-state index contributed by atoms with van der Waals surface area (Å²) in [5.74, 6) is 0.445. The molecule has 0 radical (unpaired) electrons. The molecule has 1 saturated carbocycles. The minimum absolute atomic E-state index is 0.00620. The number of piperidine rings is 1. The minimum atomic E-state index is -3.50. The maximum Gasteiger partial charge on any atom is 0.252 e. The Balaban J connectivity index is 1.17. The average Bonchev–Trinajstić information content (AvgIpc) is 3.65. The van der Waals surface area contributed by atoms with Gasteiger partial charge in [-0.05, 0) is 62.4 Å². The van der Waals surface area contributed by atoms with Crippen LogP contribution in [0.5, 0.6) is 0 Å². The fourth-order valence-electron chi connectivity index (χ4n) is 5.65. The predicted octanol–water partition coefficient (Wildman–Crippen LogP) is 3.52. The Morgan fingerprint density at radius 3 is 2.45 bits per heavy atom. The monoisotopic (exact) mass is 534 g/mol. The van der Waals surface area contributed by atoms with Crippen molar-refractivity contribution in [3.05, 3.63) is 58.8 Å². The Bertz CT molecular complexity index is 1600. The first-order valence-electron chi connectivity index (χ1n) is 13.0. The number of aromatic nitrogens is 6. The molecular weight excluding hydrogens is 504 g/mol. The van der Waals surface area contributed by atoms with Crippen molar-refractivity contribution in [2.75, 3.05) is 23.3 Å². The number of aryl methyl sites for hydroxylation is 1. The van der Waals surface area contributed by atoms with E-state index in [1.807, 2.05) is 35.8 Å². The summed E-state index contributed by atoms with van der Waals surface area (Å²) in [5.41, 5.74) is 3.41. The van der Waals surface area contributed by atoms with Crippen LogP contribution >= 0.6 is 0 Å². The second kappa shape index (κ2) is 9.82. The lowest BCUT2D eigenvalue weighted by Gasteiger charge is -2.33. The van der Waals surface area contributed by atoms with Crippen LogP contribution in [0.1, 0.15) is 50.1 Å². The highest BCUT2D eigenvalue weighted by atomic mass is 32.2. The van der Waals surface area contributed by atoms with E-state index in [0.29, 0.717) is 37.5 Å². The van der Waals surface area contributed by atoms with Crippen LogP contribution in [0.25, 0.3) is 11.0 Å². The smallest absolute Gasteiger partial charge is 0.252 e. The van der Waals surface area contributed by atoms with Crippen LogP contribution < -0.4 is 15.8 Å². The average molecular weight is 535 g/mol. The molecule has 198 valence electrons. The second-order valence-corrected chi connectivity index (χ2v) is 12.2. The zero-order valence-electron chi connectivity index (χ0n) is 21.2. The van der Waals surface area contributed by atoms with Crippen LogP contribution in [-0.4, -0.2) is 56.5 Å². The molecule has 1 saturated heterocycles. The molecule has 12 heteroatoms. The van der Waals surface area contributed by atoms with Crippen LogP contribution in [0.2, 0.25) is 0 Å². The fourth-order valence-corrected chi connectivity index (χ4v) is 7.17. The van der Waals surface area contributed by atoms with Crippen LogP contribution in [0, 0.1) is 6.92 Å². The van der Waals surface area contributed by atoms with Crippen molar-refractivity contribution in [1.82, 2.24) is 29.7 Å². The Morgan fingerprint density at radius 2 is 1.76 bits per heavy atom. The highest BCUT2D eigenvalue weighted by Crippen LogP contribution is 2.31. The number of nitrogens with zero attached hydrogens (tertiary/aromatic N) is 6. The van der Waals surface area contributed by atoms with Gasteiger partial charge in [-0.25, -0.2) is 18.4 Å². The lowest BCUT2D eigenvalue weighted by atomic mass is 10.1. The maximum absolute atomic E-state index is 12.9. The zero-order chi connectivity index (χ0) is 26.3. The number of nitrogens with one attached hydrogen (secondary N) is 2. The first-order valence-corrected chi connectivity index (χ1v) is 14.5. The number of hydrogen-bond donors (Lipinski definition) is 2. The molecule has 2 aliphatic rings. The van der Waals surface area contributed by atoms with E-state index >= 15 is 0 Å². The van der Waals surface area contributed by atoms with Gasteiger partial charge in [-0.3, -0.25) is 14.5 Å². The van der Waals surface area contributed by atoms with E-state index in [-0.39, 0.29) is 16.8 Å². The number of rotatable bonds is 6. The molecule has 4 heterocycles. The molecule has 11 nitrogen and oxygen atoms in total. The van der Waals surface area contributed by atoms with E-state index in [1.165, 1.54) is 6.33 Å². The van der Waals surface area contributed by atoms with Crippen LogP contribution in [0.15, 0.2) is 52.8 Å². The Hall–Kier alpha value is -3.80. The van der Waals surface area contributed by atoms with Crippen molar-refractivity contribution in [2.45, 2.75) is 61.9 Å². The predicted molar refractivity (Wildman–Crippen MR) is 145 cm³/mol. The summed E-state index contributed by atoms with van der Waals surface area (Å²) < 4.78 is 27.3. The number of H-pyrrole nitrogens is 1. The summed E-state index contributed by atoms with van der Waals surface area (Å²) in [7, 11) is -3.50. The molecule has 0 spiro atoms. The second-order valence-electron chi connectivity index (χ2n) is 10.1. The molecule has 0 atom stereocenters. The molecule has 1 aliphatic carbocycles. The van der Waals surface area contributed by atoms with Crippen molar-refractivity contribution < 1.29 is 8.42 Å². The first kappa shape index (κ1) is 24.5. The van der Waals surface area contributed by atoms with Gasteiger partial charge >= 0.3 is 0 Å². The van der Waals surface area contributed by atoms with Gasteiger partial charge in [0, 0.05) is 48.2 Å². The molecule has 4 aromatic rings. The van der Waals surface area contributed by atoms with Crippen LogP contribution in [-0.2, 0) is 9.84 Å². The van der Waals surface area contributed by atoms with Crippen LogP contribution in [0.4, 0.5) is 17.3 Å². The standard InChI is InChI=1S/C26H30N8O3S/c1-17-14-23(35)34(20-4-2-3-5-20)24-22(17)15-27-25(31-24)30-18-6-8-19(9-7-18)33-12-10-21(11-13-33)38(36,37)26-28-16-29-32-26/h6-9,14-16,20-21H,2-5,10-13H2,1H3,(H,27,30,31)(H,28,29,32). The summed E-state index contributed by atoms with van der Waals surface area (Å²) in [6.07, 6.45) is 8.30. The molecule has 6 rings (SSSR count). The number of fused-ring (bicyclic) bond motifs is 1. The van der Waals surface area contributed by atoms with Crippen molar-refractivity contribution in [2.24, 2.45) is 0 Å². The molecule has 0 bridgehead atoms. The third kappa shape index (κ3) is 4.53. The van der Waals surface area contributed by atoms with Gasteiger partial charge in [0.15, 0.2) is 0 Å². The SMILES string of the molecule is Cc1cc(=O)n(C2CCCC2)c2nc(Nc3ccc(N4CCC(S(=O)(=O)c5ncn[nH]5)CC4)cc3)ncc12. The largest absolute Gasteiger partial charge is 0.371 e. The Morgan fingerprint density at radius 1 is 1.03 bits per heavy atom. The van der Waals surface area contributed by atoms with Gasteiger partial charge in [-0.2, -0.15) is 10.1 Å².